The van der Waals surface area contributed by atoms with Crippen LogP contribution in [0.3, 0.4) is 0 Å². The number of benzene rings is 2. The Hall–Kier alpha value is -2.33. The van der Waals surface area contributed by atoms with E-state index in [9.17, 15) is 0 Å². The van der Waals surface area contributed by atoms with Crippen molar-refractivity contribution in [1.82, 2.24) is 9.55 Å². The van der Waals surface area contributed by atoms with Crippen molar-refractivity contribution in [3.8, 4) is 5.75 Å². The molecular formula is C23H30N2O2. The summed E-state index contributed by atoms with van der Waals surface area (Å²) >= 11 is 0. The summed E-state index contributed by atoms with van der Waals surface area (Å²) in [6, 6.07) is 14.8. The molecule has 4 nitrogen and oxygen atoms in total. The number of ether oxygens (including phenoxy) is 2. The second-order valence-corrected chi connectivity index (χ2v) is 7.35. The molecule has 0 saturated carbocycles. The Morgan fingerprint density at radius 1 is 1.07 bits per heavy atom. The molecule has 0 aliphatic carbocycles. The van der Waals surface area contributed by atoms with Crippen LogP contribution in [0.5, 0.6) is 5.75 Å². The maximum Gasteiger partial charge on any atom is 0.135 e. The van der Waals surface area contributed by atoms with Gasteiger partial charge < -0.3 is 14.0 Å². The zero-order valence-electron chi connectivity index (χ0n) is 16.9. The van der Waals surface area contributed by atoms with Gasteiger partial charge in [-0.25, -0.2) is 4.98 Å². The smallest absolute Gasteiger partial charge is 0.135 e. The SMILES string of the molecule is COCc1nc2ccccc2n1CCCCOc1cc(C)ccc1C(C)C. The fraction of sp³-hybridized carbons (Fsp3) is 0.435. The molecule has 0 saturated heterocycles. The summed E-state index contributed by atoms with van der Waals surface area (Å²) in [6.07, 6.45) is 2.05. The van der Waals surface area contributed by atoms with E-state index in [1.807, 2.05) is 6.07 Å². The van der Waals surface area contributed by atoms with Crippen LogP contribution in [0.15, 0.2) is 42.5 Å². The standard InChI is InChI=1S/C23H30N2O2/c1-17(2)19-12-11-18(3)15-22(19)27-14-8-7-13-25-21-10-6-5-9-20(21)24-23(25)16-26-4/h5-6,9-12,15,17H,7-8,13-14,16H2,1-4H3. The Morgan fingerprint density at radius 2 is 1.89 bits per heavy atom. The Morgan fingerprint density at radius 3 is 2.67 bits per heavy atom. The van der Waals surface area contributed by atoms with Crippen molar-refractivity contribution in [3.63, 3.8) is 0 Å². The summed E-state index contributed by atoms with van der Waals surface area (Å²) in [7, 11) is 1.71. The van der Waals surface area contributed by atoms with Crippen molar-refractivity contribution in [1.29, 1.82) is 0 Å². The topological polar surface area (TPSA) is 36.3 Å². The van der Waals surface area contributed by atoms with Crippen molar-refractivity contribution >= 4 is 11.0 Å². The zero-order chi connectivity index (χ0) is 19.2. The lowest BCUT2D eigenvalue weighted by Gasteiger charge is -2.15. The molecule has 0 N–H and O–H groups in total. The molecule has 0 radical (unpaired) electrons. The first kappa shape index (κ1) is 19.4. The molecule has 0 atom stereocenters. The molecule has 4 heteroatoms. The maximum atomic E-state index is 6.11. The zero-order valence-corrected chi connectivity index (χ0v) is 16.9. The number of hydrogen-bond acceptors (Lipinski definition) is 3. The summed E-state index contributed by atoms with van der Waals surface area (Å²) in [4.78, 5) is 4.70. The summed E-state index contributed by atoms with van der Waals surface area (Å²) in [6.45, 7) is 8.71. The van der Waals surface area contributed by atoms with Crippen molar-refractivity contribution in [2.45, 2.75) is 52.7 Å². The lowest BCUT2D eigenvalue weighted by atomic mass is 10.0. The van der Waals surface area contributed by atoms with Gasteiger partial charge >= 0.3 is 0 Å². The highest BCUT2D eigenvalue weighted by molar-refractivity contribution is 5.75. The average molecular weight is 367 g/mol. The number of nitrogens with zero attached hydrogens (tertiary/aromatic N) is 2. The lowest BCUT2D eigenvalue weighted by molar-refractivity contribution is 0.174. The molecular weight excluding hydrogens is 336 g/mol. The van der Waals surface area contributed by atoms with E-state index in [0.717, 1.165) is 43.1 Å². The third-order valence-electron chi connectivity index (χ3n) is 4.83. The van der Waals surface area contributed by atoms with E-state index in [1.165, 1.54) is 16.6 Å². The first-order chi connectivity index (χ1) is 13.1. The van der Waals surface area contributed by atoms with Crippen LogP contribution in [0, 0.1) is 6.92 Å². The van der Waals surface area contributed by atoms with E-state index in [1.54, 1.807) is 7.11 Å². The molecule has 0 unspecified atom stereocenters. The monoisotopic (exact) mass is 366 g/mol. The minimum absolute atomic E-state index is 0.467. The maximum absolute atomic E-state index is 6.11. The fourth-order valence-corrected chi connectivity index (χ4v) is 3.41. The third kappa shape index (κ3) is 4.69. The van der Waals surface area contributed by atoms with Gasteiger partial charge in [0.25, 0.3) is 0 Å². The van der Waals surface area contributed by atoms with Crippen LogP contribution in [0.4, 0.5) is 0 Å². The Kier molecular flexibility index (Phi) is 6.51. The molecule has 0 aliphatic rings. The van der Waals surface area contributed by atoms with Gasteiger partial charge in [0.15, 0.2) is 0 Å². The molecule has 0 fully saturated rings. The molecule has 3 rings (SSSR count). The van der Waals surface area contributed by atoms with Gasteiger partial charge in [0.2, 0.25) is 0 Å². The number of aryl methyl sites for hydroxylation is 2. The number of aromatic nitrogens is 2. The number of imidazole rings is 1. The Bertz CT molecular complexity index is 883. The average Bonchev–Trinajstić information content (AvgIpc) is 2.99. The lowest BCUT2D eigenvalue weighted by Crippen LogP contribution is -2.07. The van der Waals surface area contributed by atoms with Gasteiger partial charge in [-0.15, -0.1) is 0 Å². The number of fused-ring (bicyclic) bond motifs is 1. The van der Waals surface area contributed by atoms with E-state index in [0.29, 0.717) is 12.5 Å². The van der Waals surface area contributed by atoms with Crippen LogP contribution in [-0.2, 0) is 17.9 Å². The first-order valence-corrected chi connectivity index (χ1v) is 9.76. The van der Waals surface area contributed by atoms with Crippen LogP contribution >= 0.6 is 0 Å². The predicted molar refractivity (Wildman–Crippen MR) is 110 cm³/mol. The van der Waals surface area contributed by atoms with Gasteiger partial charge in [-0.1, -0.05) is 38.1 Å². The second-order valence-electron chi connectivity index (χ2n) is 7.35. The van der Waals surface area contributed by atoms with Crippen LogP contribution < -0.4 is 4.74 Å². The van der Waals surface area contributed by atoms with Gasteiger partial charge in [-0.2, -0.15) is 0 Å². The highest BCUT2D eigenvalue weighted by Gasteiger charge is 2.10. The predicted octanol–water partition coefficient (Wildman–Crippen LogP) is 5.47. The van der Waals surface area contributed by atoms with Crippen molar-refractivity contribution in [2.75, 3.05) is 13.7 Å². The number of para-hydroxylation sites is 2. The molecule has 0 aliphatic heterocycles. The van der Waals surface area contributed by atoms with E-state index >= 15 is 0 Å². The van der Waals surface area contributed by atoms with Gasteiger partial charge in [0, 0.05) is 13.7 Å². The molecule has 1 heterocycles. The quantitative estimate of drug-likeness (QED) is 0.471. The number of methoxy groups -OCH3 is 1. The number of rotatable bonds is 9. The molecule has 1 aromatic heterocycles. The second kappa shape index (κ2) is 9.05. The van der Waals surface area contributed by atoms with Crippen LogP contribution in [0.25, 0.3) is 11.0 Å². The third-order valence-corrected chi connectivity index (χ3v) is 4.83. The summed E-state index contributed by atoms with van der Waals surface area (Å²) in [5.74, 6) is 2.48. The van der Waals surface area contributed by atoms with Crippen LogP contribution in [0.2, 0.25) is 0 Å². The molecule has 2 aromatic carbocycles. The van der Waals surface area contributed by atoms with E-state index in [4.69, 9.17) is 14.5 Å². The summed E-state index contributed by atoms with van der Waals surface area (Å²) < 4.78 is 13.7. The largest absolute Gasteiger partial charge is 0.493 e. The van der Waals surface area contributed by atoms with Gasteiger partial charge in [-0.3, -0.25) is 0 Å². The number of unbranched alkanes of at least 4 members (excludes halogenated alkanes) is 1. The highest BCUT2D eigenvalue weighted by Crippen LogP contribution is 2.27. The van der Waals surface area contributed by atoms with Crippen LogP contribution in [-0.4, -0.2) is 23.3 Å². The normalized spacial score (nSPS) is 11.4. The molecule has 3 aromatic rings. The summed E-state index contributed by atoms with van der Waals surface area (Å²) in [5, 5.41) is 0. The molecule has 0 amide bonds. The summed E-state index contributed by atoms with van der Waals surface area (Å²) in [5.41, 5.74) is 4.72. The fourth-order valence-electron chi connectivity index (χ4n) is 3.41. The highest BCUT2D eigenvalue weighted by atomic mass is 16.5. The Balaban J connectivity index is 1.59. The van der Waals surface area contributed by atoms with Crippen molar-refractivity contribution in [3.05, 3.63) is 59.4 Å². The van der Waals surface area contributed by atoms with Gasteiger partial charge in [0.1, 0.15) is 18.2 Å². The van der Waals surface area contributed by atoms with Crippen LogP contribution in [0.1, 0.15) is 49.6 Å². The number of hydrogen-bond donors (Lipinski definition) is 0. The molecule has 27 heavy (non-hydrogen) atoms. The van der Waals surface area contributed by atoms with Crippen molar-refractivity contribution in [2.24, 2.45) is 0 Å². The molecule has 144 valence electrons. The minimum atomic E-state index is 0.467. The minimum Gasteiger partial charge on any atom is -0.493 e. The van der Waals surface area contributed by atoms with Crippen molar-refractivity contribution < 1.29 is 9.47 Å². The molecule has 0 spiro atoms. The van der Waals surface area contributed by atoms with E-state index < -0.39 is 0 Å². The van der Waals surface area contributed by atoms with E-state index in [-0.39, 0.29) is 0 Å². The van der Waals surface area contributed by atoms with E-state index in [2.05, 4.69) is 61.7 Å². The first-order valence-electron chi connectivity index (χ1n) is 9.76. The van der Waals surface area contributed by atoms with Gasteiger partial charge in [-0.05, 0) is 55.0 Å². The Labute approximate surface area is 162 Å². The molecule has 0 bridgehead atoms. The van der Waals surface area contributed by atoms with Gasteiger partial charge in [0.05, 0.1) is 17.6 Å².